The van der Waals surface area contributed by atoms with E-state index < -0.39 is 0 Å². The molecule has 0 saturated heterocycles. The molecule has 9 aromatic rings. The summed E-state index contributed by atoms with van der Waals surface area (Å²) in [5.74, 6) is 0. The molecule has 0 saturated carbocycles. The summed E-state index contributed by atoms with van der Waals surface area (Å²) in [5, 5.41) is 25.2. The summed E-state index contributed by atoms with van der Waals surface area (Å²) in [6.45, 7) is 0. The summed E-state index contributed by atoms with van der Waals surface area (Å²) >= 11 is 0. The molecule has 0 atom stereocenters. The van der Waals surface area contributed by atoms with E-state index in [0.717, 1.165) is 66.5 Å². The number of hydrogen-bond acceptors (Lipinski definition) is 2. The maximum atomic E-state index is 10.5. The molecule has 0 unspecified atom stereocenters. The minimum Gasteiger partial charge on any atom is -0.309 e. The average Bonchev–Trinajstić information content (AvgIpc) is 3.67. The third kappa shape index (κ3) is 4.14. The van der Waals surface area contributed by atoms with Gasteiger partial charge in [0.2, 0.25) is 0 Å². The SMILES string of the molecule is N#Cc1cc(C#N)c(-n2c3ccccc3c3ccccc32)c(-c2cccc(-c3cccc(-n4c5ccccc5c5ccccc54)c3)c2)c1. The van der Waals surface area contributed by atoms with Crippen LogP contribution in [0.3, 0.4) is 0 Å². The molecule has 222 valence electrons. The molecule has 0 radical (unpaired) electrons. The molecule has 0 bridgehead atoms. The first kappa shape index (κ1) is 27.4. The molecular formula is C44H26N4. The summed E-state index contributed by atoms with van der Waals surface area (Å²) in [6, 6.07) is 59.0. The lowest BCUT2D eigenvalue weighted by atomic mass is 9.94. The summed E-state index contributed by atoms with van der Waals surface area (Å²) in [5.41, 5.74) is 11.0. The number of nitriles is 2. The zero-order valence-corrected chi connectivity index (χ0v) is 25.8. The van der Waals surface area contributed by atoms with Crippen LogP contribution in [0.25, 0.3) is 77.2 Å². The van der Waals surface area contributed by atoms with E-state index in [1.165, 1.54) is 10.8 Å². The van der Waals surface area contributed by atoms with Crippen molar-refractivity contribution in [3.63, 3.8) is 0 Å². The smallest absolute Gasteiger partial charge is 0.101 e. The Morgan fingerprint density at radius 1 is 0.396 bits per heavy atom. The Kier molecular flexibility index (Phi) is 6.22. The van der Waals surface area contributed by atoms with Crippen molar-refractivity contribution in [1.29, 1.82) is 10.5 Å². The van der Waals surface area contributed by atoms with Crippen LogP contribution in [0.15, 0.2) is 158 Å². The third-order valence-electron chi connectivity index (χ3n) is 9.35. The van der Waals surface area contributed by atoms with Crippen molar-refractivity contribution in [2.24, 2.45) is 0 Å². The zero-order chi connectivity index (χ0) is 32.2. The minimum atomic E-state index is 0.449. The van der Waals surface area contributed by atoms with Gasteiger partial charge in [0.05, 0.1) is 45.0 Å². The third-order valence-corrected chi connectivity index (χ3v) is 9.35. The van der Waals surface area contributed by atoms with Gasteiger partial charge in [0.25, 0.3) is 0 Å². The molecule has 0 spiro atoms. The maximum absolute atomic E-state index is 10.5. The molecule has 0 aliphatic heterocycles. The van der Waals surface area contributed by atoms with E-state index in [4.69, 9.17) is 0 Å². The molecule has 9 rings (SSSR count). The number of fused-ring (bicyclic) bond motifs is 6. The van der Waals surface area contributed by atoms with Crippen molar-refractivity contribution < 1.29 is 0 Å². The Balaban J connectivity index is 1.26. The molecule has 0 N–H and O–H groups in total. The highest BCUT2D eigenvalue weighted by Crippen LogP contribution is 2.40. The van der Waals surface area contributed by atoms with Crippen molar-refractivity contribution in [3.8, 4) is 45.8 Å². The van der Waals surface area contributed by atoms with Crippen molar-refractivity contribution in [1.82, 2.24) is 9.13 Å². The number of benzene rings is 7. The van der Waals surface area contributed by atoms with Crippen molar-refractivity contribution in [2.75, 3.05) is 0 Å². The van der Waals surface area contributed by atoms with Gasteiger partial charge >= 0.3 is 0 Å². The summed E-state index contributed by atoms with van der Waals surface area (Å²) in [6.07, 6.45) is 0. The molecule has 4 heteroatoms. The normalized spacial score (nSPS) is 11.3. The molecule has 2 heterocycles. The van der Waals surface area contributed by atoms with Gasteiger partial charge in [0, 0.05) is 32.8 Å². The number of para-hydroxylation sites is 4. The summed E-state index contributed by atoms with van der Waals surface area (Å²) < 4.78 is 4.50. The molecular weight excluding hydrogens is 585 g/mol. The van der Waals surface area contributed by atoms with E-state index >= 15 is 0 Å². The van der Waals surface area contributed by atoms with Crippen LogP contribution in [0, 0.1) is 22.7 Å². The van der Waals surface area contributed by atoms with Crippen LogP contribution in [0.4, 0.5) is 0 Å². The van der Waals surface area contributed by atoms with E-state index in [0.29, 0.717) is 11.1 Å². The van der Waals surface area contributed by atoms with Crippen LogP contribution in [-0.4, -0.2) is 9.13 Å². The second-order valence-electron chi connectivity index (χ2n) is 12.0. The highest BCUT2D eigenvalue weighted by molar-refractivity contribution is 6.10. The number of rotatable bonds is 4. The second-order valence-corrected chi connectivity index (χ2v) is 12.0. The van der Waals surface area contributed by atoms with E-state index in [-0.39, 0.29) is 0 Å². The molecule has 2 aromatic heterocycles. The van der Waals surface area contributed by atoms with Gasteiger partial charge in [-0.15, -0.1) is 0 Å². The van der Waals surface area contributed by atoms with Gasteiger partial charge in [0.1, 0.15) is 6.07 Å². The van der Waals surface area contributed by atoms with E-state index in [1.54, 1.807) is 6.07 Å². The Bertz CT molecular complexity index is 2710. The van der Waals surface area contributed by atoms with Crippen molar-refractivity contribution >= 4 is 43.6 Å². The van der Waals surface area contributed by atoms with Gasteiger partial charge in [-0.05, 0) is 71.3 Å². The van der Waals surface area contributed by atoms with Crippen LogP contribution >= 0.6 is 0 Å². The predicted octanol–water partition coefficient (Wildman–Crippen LogP) is 11.0. The monoisotopic (exact) mass is 610 g/mol. The minimum absolute atomic E-state index is 0.449. The fourth-order valence-corrected chi connectivity index (χ4v) is 7.30. The maximum Gasteiger partial charge on any atom is 0.101 e. The molecule has 0 aliphatic carbocycles. The molecule has 0 fully saturated rings. The lowest BCUT2D eigenvalue weighted by Crippen LogP contribution is -2.02. The Morgan fingerprint density at radius 3 is 1.42 bits per heavy atom. The Hall–Kier alpha value is -6.88. The lowest BCUT2D eigenvalue weighted by molar-refractivity contribution is 1.17. The fraction of sp³-hybridized carbons (Fsp3) is 0. The Morgan fingerprint density at radius 2 is 0.875 bits per heavy atom. The average molecular weight is 611 g/mol. The second kappa shape index (κ2) is 10.9. The first-order chi connectivity index (χ1) is 23.7. The Labute approximate surface area is 277 Å². The van der Waals surface area contributed by atoms with Crippen LogP contribution in [0.2, 0.25) is 0 Å². The van der Waals surface area contributed by atoms with Gasteiger partial charge in [-0.1, -0.05) is 103 Å². The number of aromatic nitrogens is 2. The number of hydrogen-bond donors (Lipinski definition) is 0. The highest BCUT2D eigenvalue weighted by Gasteiger charge is 2.20. The highest BCUT2D eigenvalue weighted by atomic mass is 15.0. The zero-order valence-electron chi connectivity index (χ0n) is 25.8. The molecule has 48 heavy (non-hydrogen) atoms. The van der Waals surface area contributed by atoms with Gasteiger partial charge in [-0.25, -0.2) is 0 Å². The lowest BCUT2D eigenvalue weighted by Gasteiger charge is -2.17. The van der Waals surface area contributed by atoms with Crippen LogP contribution < -0.4 is 0 Å². The van der Waals surface area contributed by atoms with Crippen LogP contribution in [0.5, 0.6) is 0 Å². The van der Waals surface area contributed by atoms with Gasteiger partial charge < -0.3 is 9.13 Å². The van der Waals surface area contributed by atoms with E-state index in [1.807, 2.05) is 30.3 Å². The standard InChI is InChI=1S/C44H26N4/c45-27-29-23-33(28-46)44(48-42-21-7-3-17-37(42)38-18-4-8-22-43(38)48)39(24-29)32-13-9-11-30(25-32)31-12-10-14-34(26-31)47-40-19-5-1-15-35(40)36-16-2-6-20-41(36)47/h1-26H. The topological polar surface area (TPSA) is 57.4 Å². The van der Waals surface area contributed by atoms with Gasteiger partial charge in [-0.2, -0.15) is 10.5 Å². The first-order valence-corrected chi connectivity index (χ1v) is 15.9. The first-order valence-electron chi connectivity index (χ1n) is 15.9. The summed E-state index contributed by atoms with van der Waals surface area (Å²) in [4.78, 5) is 0. The van der Waals surface area contributed by atoms with E-state index in [9.17, 15) is 10.5 Å². The van der Waals surface area contributed by atoms with Crippen LogP contribution in [0.1, 0.15) is 11.1 Å². The van der Waals surface area contributed by atoms with Gasteiger partial charge in [0.15, 0.2) is 0 Å². The summed E-state index contributed by atoms with van der Waals surface area (Å²) in [7, 11) is 0. The van der Waals surface area contributed by atoms with E-state index in [2.05, 4.69) is 143 Å². The van der Waals surface area contributed by atoms with Crippen LogP contribution in [-0.2, 0) is 0 Å². The molecule has 0 amide bonds. The predicted molar refractivity (Wildman–Crippen MR) is 195 cm³/mol. The molecule has 7 aromatic carbocycles. The van der Waals surface area contributed by atoms with Crippen molar-refractivity contribution in [2.45, 2.75) is 0 Å². The number of nitrogens with zero attached hydrogens (tertiary/aromatic N) is 4. The van der Waals surface area contributed by atoms with Gasteiger partial charge in [-0.3, -0.25) is 0 Å². The van der Waals surface area contributed by atoms with Crippen molar-refractivity contribution in [3.05, 3.63) is 169 Å². The largest absolute Gasteiger partial charge is 0.309 e. The molecule has 0 aliphatic rings. The molecule has 4 nitrogen and oxygen atoms in total. The quantitative estimate of drug-likeness (QED) is 0.199. The fourth-order valence-electron chi connectivity index (χ4n) is 7.30.